The molecule has 76 valence electrons. The van der Waals surface area contributed by atoms with E-state index < -0.39 is 5.91 Å². The molecule has 1 rings (SSSR count). The normalized spacial score (nSPS) is 9.79. The second-order valence-corrected chi connectivity index (χ2v) is 2.71. The van der Waals surface area contributed by atoms with Crippen molar-refractivity contribution in [3.05, 3.63) is 23.9 Å². The summed E-state index contributed by atoms with van der Waals surface area (Å²) in [7, 11) is 0. The van der Waals surface area contributed by atoms with Crippen molar-refractivity contribution in [3.8, 4) is 5.88 Å². The lowest BCUT2D eigenvalue weighted by Crippen LogP contribution is -2.15. The molecule has 14 heavy (non-hydrogen) atoms. The first-order chi connectivity index (χ1) is 6.75. The molecule has 0 aliphatic heterocycles. The summed E-state index contributed by atoms with van der Waals surface area (Å²) in [5.41, 5.74) is 10.7. The topological polar surface area (TPSA) is 91.2 Å². The van der Waals surface area contributed by atoms with Crippen LogP contribution >= 0.6 is 0 Å². The summed E-state index contributed by atoms with van der Waals surface area (Å²) in [6.07, 6.45) is 2.26. The van der Waals surface area contributed by atoms with Crippen molar-refractivity contribution in [2.24, 2.45) is 11.5 Å². The Labute approximate surface area is 82.1 Å². The van der Waals surface area contributed by atoms with Crippen LogP contribution in [0.2, 0.25) is 0 Å². The Morgan fingerprint density at radius 1 is 1.57 bits per heavy atom. The Kier molecular flexibility index (Phi) is 3.87. The number of carbonyl (C=O) groups excluding carboxylic acids is 1. The van der Waals surface area contributed by atoms with Crippen molar-refractivity contribution in [1.82, 2.24) is 4.98 Å². The Bertz CT molecular complexity index is 315. The van der Waals surface area contributed by atoms with E-state index >= 15 is 0 Å². The van der Waals surface area contributed by atoms with Crippen molar-refractivity contribution >= 4 is 5.91 Å². The van der Waals surface area contributed by atoms with Crippen LogP contribution in [-0.4, -0.2) is 24.0 Å². The number of primary amides is 1. The first-order valence-electron chi connectivity index (χ1n) is 4.33. The van der Waals surface area contributed by atoms with Gasteiger partial charge in [0.25, 0.3) is 5.91 Å². The molecule has 1 amide bonds. The molecule has 5 nitrogen and oxygen atoms in total. The van der Waals surface area contributed by atoms with Crippen molar-refractivity contribution in [3.63, 3.8) is 0 Å². The Morgan fingerprint density at radius 3 is 3.00 bits per heavy atom. The zero-order valence-electron chi connectivity index (χ0n) is 7.77. The highest BCUT2D eigenvalue weighted by atomic mass is 16.5. The highest BCUT2D eigenvalue weighted by Gasteiger charge is 2.08. The Hall–Kier alpha value is -1.62. The number of nitrogens with zero attached hydrogens (tertiary/aromatic N) is 1. The maximum absolute atomic E-state index is 10.9. The van der Waals surface area contributed by atoms with E-state index in [-0.39, 0.29) is 5.88 Å². The lowest BCUT2D eigenvalue weighted by atomic mass is 10.2. The second-order valence-electron chi connectivity index (χ2n) is 2.71. The van der Waals surface area contributed by atoms with Crippen molar-refractivity contribution in [2.45, 2.75) is 6.42 Å². The number of hydrogen-bond acceptors (Lipinski definition) is 4. The molecule has 0 bridgehead atoms. The van der Waals surface area contributed by atoms with Gasteiger partial charge >= 0.3 is 0 Å². The quantitative estimate of drug-likeness (QED) is 0.642. The van der Waals surface area contributed by atoms with Gasteiger partial charge in [-0.05, 0) is 25.1 Å². The zero-order chi connectivity index (χ0) is 10.4. The molecule has 0 fully saturated rings. The number of nitrogens with two attached hydrogens (primary N) is 2. The molecule has 0 unspecified atom stereocenters. The van der Waals surface area contributed by atoms with E-state index in [2.05, 4.69) is 4.98 Å². The van der Waals surface area contributed by atoms with E-state index in [0.717, 1.165) is 6.42 Å². The zero-order valence-corrected chi connectivity index (χ0v) is 7.77. The van der Waals surface area contributed by atoms with Gasteiger partial charge in [-0.15, -0.1) is 0 Å². The van der Waals surface area contributed by atoms with Crippen LogP contribution in [0.25, 0.3) is 0 Å². The van der Waals surface area contributed by atoms with Crippen LogP contribution in [0.3, 0.4) is 0 Å². The van der Waals surface area contributed by atoms with E-state index in [1.807, 2.05) is 0 Å². The fourth-order valence-electron chi connectivity index (χ4n) is 0.946. The molecular formula is C9H13N3O2. The molecule has 0 aliphatic rings. The van der Waals surface area contributed by atoms with Gasteiger partial charge in [0.05, 0.1) is 6.61 Å². The van der Waals surface area contributed by atoms with Gasteiger partial charge in [0.2, 0.25) is 5.88 Å². The predicted octanol–water partition coefficient (Wildman–Crippen LogP) is -0.0919. The Morgan fingerprint density at radius 2 is 2.36 bits per heavy atom. The van der Waals surface area contributed by atoms with Crippen LogP contribution in [0.1, 0.15) is 16.8 Å². The molecule has 1 aromatic rings. The number of rotatable bonds is 5. The van der Waals surface area contributed by atoms with Crippen molar-refractivity contribution < 1.29 is 9.53 Å². The summed E-state index contributed by atoms with van der Waals surface area (Å²) in [4.78, 5) is 14.8. The van der Waals surface area contributed by atoms with Crippen LogP contribution in [0.4, 0.5) is 0 Å². The highest BCUT2D eigenvalue weighted by molar-refractivity contribution is 5.94. The molecule has 4 N–H and O–H groups in total. The lowest BCUT2D eigenvalue weighted by molar-refractivity contribution is 0.0995. The maximum atomic E-state index is 10.9. The number of amides is 1. The van der Waals surface area contributed by atoms with Gasteiger partial charge in [0.1, 0.15) is 5.56 Å². The molecule has 0 saturated heterocycles. The first-order valence-corrected chi connectivity index (χ1v) is 4.33. The SMILES string of the molecule is NCCCOc1ncccc1C(N)=O. The van der Waals surface area contributed by atoms with E-state index in [4.69, 9.17) is 16.2 Å². The molecule has 0 saturated carbocycles. The van der Waals surface area contributed by atoms with Crippen LogP contribution in [0.5, 0.6) is 5.88 Å². The average molecular weight is 195 g/mol. The number of pyridine rings is 1. The third kappa shape index (κ3) is 2.70. The van der Waals surface area contributed by atoms with Crippen molar-refractivity contribution in [1.29, 1.82) is 0 Å². The molecule has 0 atom stereocenters. The van der Waals surface area contributed by atoms with Gasteiger partial charge < -0.3 is 16.2 Å². The second kappa shape index (κ2) is 5.18. The molecule has 5 heteroatoms. The average Bonchev–Trinajstić information content (AvgIpc) is 2.19. The highest BCUT2D eigenvalue weighted by Crippen LogP contribution is 2.13. The molecule has 1 heterocycles. The first kappa shape index (κ1) is 10.5. The minimum absolute atomic E-state index is 0.272. The summed E-state index contributed by atoms with van der Waals surface area (Å²) in [5, 5.41) is 0. The van der Waals surface area contributed by atoms with Crippen LogP contribution in [0.15, 0.2) is 18.3 Å². The van der Waals surface area contributed by atoms with Crippen molar-refractivity contribution in [2.75, 3.05) is 13.2 Å². The smallest absolute Gasteiger partial charge is 0.254 e. The van der Waals surface area contributed by atoms with E-state index in [0.29, 0.717) is 18.7 Å². The summed E-state index contributed by atoms with van der Waals surface area (Å²) < 4.78 is 5.25. The maximum Gasteiger partial charge on any atom is 0.254 e. The molecule has 1 aromatic heterocycles. The van der Waals surface area contributed by atoms with Crippen LogP contribution in [0, 0.1) is 0 Å². The summed E-state index contributed by atoms with van der Waals surface area (Å²) >= 11 is 0. The third-order valence-corrected chi connectivity index (χ3v) is 1.62. The standard InChI is InChI=1S/C9H13N3O2/c10-4-2-6-14-9-7(8(11)13)3-1-5-12-9/h1,3,5H,2,4,6,10H2,(H2,11,13). The van der Waals surface area contributed by atoms with Gasteiger partial charge in [-0.3, -0.25) is 4.79 Å². The van der Waals surface area contributed by atoms with Gasteiger partial charge in [-0.2, -0.15) is 0 Å². The van der Waals surface area contributed by atoms with Gasteiger partial charge in [0, 0.05) is 6.20 Å². The molecule has 0 radical (unpaired) electrons. The predicted molar refractivity (Wildman–Crippen MR) is 51.9 cm³/mol. The summed E-state index contributed by atoms with van der Waals surface area (Å²) in [6.45, 7) is 0.979. The molecule has 0 aromatic carbocycles. The fourth-order valence-corrected chi connectivity index (χ4v) is 0.946. The van der Waals surface area contributed by atoms with Gasteiger partial charge in [-0.25, -0.2) is 4.98 Å². The largest absolute Gasteiger partial charge is 0.477 e. The molecular weight excluding hydrogens is 182 g/mol. The summed E-state index contributed by atoms with van der Waals surface area (Å²) in [5.74, 6) is -0.269. The number of aromatic nitrogens is 1. The monoisotopic (exact) mass is 195 g/mol. The van der Waals surface area contributed by atoms with E-state index in [9.17, 15) is 4.79 Å². The van der Waals surface area contributed by atoms with Crippen LogP contribution in [-0.2, 0) is 0 Å². The van der Waals surface area contributed by atoms with Gasteiger partial charge in [0.15, 0.2) is 0 Å². The number of carbonyl (C=O) groups is 1. The van der Waals surface area contributed by atoms with E-state index in [1.165, 1.54) is 0 Å². The lowest BCUT2D eigenvalue weighted by Gasteiger charge is -2.06. The minimum atomic E-state index is -0.541. The summed E-state index contributed by atoms with van der Waals surface area (Å²) in [6, 6.07) is 3.21. The van der Waals surface area contributed by atoms with Gasteiger partial charge in [-0.1, -0.05) is 0 Å². The minimum Gasteiger partial charge on any atom is -0.477 e. The fraction of sp³-hybridized carbons (Fsp3) is 0.333. The van der Waals surface area contributed by atoms with Crippen LogP contribution < -0.4 is 16.2 Å². The third-order valence-electron chi connectivity index (χ3n) is 1.62. The number of ether oxygens (including phenoxy) is 1. The number of hydrogen-bond donors (Lipinski definition) is 2. The molecule has 0 spiro atoms. The molecule has 0 aliphatic carbocycles. The van der Waals surface area contributed by atoms with E-state index in [1.54, 1.807) is 18.3 Å². The Balaban J connectivity index is 2.69.